The number of aryl methyl sites for hydroxylation is 1. The van der Waals surface area contributed by atoms with Crippen LogP contribution in [-0.4, -0.2) is 33.5 Å². The molecule has 1 amide bonds. The zero-order valence-corrected chi connectivity index (χ0v) is 16.1. The highest BCUT2D eigenvalue weighted by Crippen LogP contribution is 2.28. The van der Waals surface area contributed by atoms with E-state index in [1.807, 2.05) is 32.2 Å². The summed E-state index contributed by atoms with van der Waals surface area (Å²) in [6.07, 6.45) is 5.15. The van der Waals surface area contributed by atoms with Crippen molar-refractivity contribution in [2.45, 2.75) is 65.0 Å². The normalized spacial score (nSPS) is 18.3. The molecule has 0 radical (unpaired) electrons. The lowest BCUT2D eigenvalue weighted by molar-refractivity contribution is -0.119. The van der Waals surface area contributed by atoms with Crippen molar-refractivity contribution in [2.24, 2.45) is 0 Å². The topological polar surface area (TPSA) is 71.8 Å². The summed E-state index contributed by atoms with van der Waals surface area (Å²) in [4.78, 5) is 12.8. The van der Waals surface area contributed by atoms with Crippen molar-refractivity contribution in [3.05, 3.63) is 41.2 Å². The summed E-state index contributed by atoms with van der Waals surface area (Å²) in [5.74, 6) is 0.272. The molecule has 6 heteroatoms. The Morgan fingerprint density at radius 1 is 1.38 bits per heavy atom. The number of hydrogen-bond acceptors (Lipinski definition) is 4. The largest absolute Gasteiger partial charge is 0.324 e. The number of carbonyl (C=O) groups is 1. The first-order valence-electron chi connectivity index (χ1n) is 9.50. The van der Waals surface area contributed by atoms with Crippen LogP contribution in [0.25, 0.3) is 0 Å². The van der Waals surface area contributed by atoms with E-state index < -0.39 is 6.04 Å². The van der Waals surface area contributed by atoms with Gasteiger partial charge in [0, 0.05) is 24.3 Å². The molecule has 0 saturated carbocycles. The molecule has 1 aliphatic rings. The van der Waals surface area contributed by atoms with Gasteiger partial charge in [-0.15, -0.1) is 5.10 Å². The minimum absolute atomic E-state index is 0.0726. The van der Waals surface area contributed by atoms with Gasteiger partial charge in [-0.2, -0.15) is 0 Å². The Kier molecular flexibility index (Phi) is 5.71. The van der Waals surface area contributed by atoms with Crippen molar-refractivity contribution in [3.63, 3.8) is 0 Å². The predicted octanol–water partition coefficient (Wildman–Crippen LogP) is 3.20. The SMILES string of the molecule is Cc1cccc(C(C)C)c1NC(=O)C(C)n1cc(CC2CCCN2)nn1. The molecule has 2 atom stereocenters. The summed E-state index contributed by atoms with van der Waals surface area (Å²) in [5, 5.41) is 15.0. The van der Waals surface area contributed by atoms with E-state index in [-0.39, 0.29) is 5.91 Å². The third-order valence-corrected chi connectivity index (χ3v) is 5.13. The van der Waals surface area contributed by atoms with Gasteiger partial charge in [0.1, 0.15) is 6.04 Å². The van der Waals surface area contributed by atoms with Crippen LogP contribution >= 0.6 is 0 Å². The van der Waals surface area contributed by atoms with E-state index in [4.69, 9.17) is 0 Å². The zero-order chi connectivity index (χ0) is 18.7. The fraction of sp³-hybridized carbons (Fsp3) is 0.550. The van der Waals surface area contributed by atoms with Crippen LogP contribution in [0.1, 0.15) is 62.4 Å². The van der Waals surface area contributed by atoms with E-state index in [1.54, 1.807) is 4.68 Å². The number of para-hydroxylation sites is 1. The molecule has 3 rings (SSSR count). The van der Waals surface area contributed by atoms with Crippen molar-refractivity contribution in [1.82, 2.24) is 20.3 Å². The van der Waals surface area contributed by atoms with Crippen LogP contribution in [0, 0.1) is 6.92 Å². The standard InChI is InChI=1S/C20H29N5O/c1-13(2)18-9-5-7-14(3)19(18)22-20(26)15(4)25-12-17(23-24-25)11-16-8-6-10-21-16/h5,7,9,12-13,15-16,21H,6,8,10-11H2,1-4H3,(H,22,26). The summed E-state index contributed by atoms with van der Waals surface area (Å²) in [7, 11) is 0. The molecular weight excluding hydrogens is 326 g/mol. The van der Waals surface area contributed by atoms with Crippen molar-refractivity contribution >= 4 is 11.6 Å². The first-order chi connectivity index (χ1) is 12.5. The van der Waals surface area contributed by atoms with Crippen LogP contribution in [0.2, 0.25) is 0 Å². The molecule has 2 heterocycles. The second-order valence-corrected chi connectivity index (χ2v) is 7.55. The number of carbonyl (C=O) groups excluding carboxylic acids is 1. The highest BCUT2D eigenvalue weighted by atomic mass is 16.2. The summed E-state index contributed by atoms with van der Waals surface area (Å²) in [6.45, 7) is 9.22. The Balaban J connectivity index is 1.69. The Hall–Kier alpha value is -2.21. The highest BCUT2D eigenvalue weighted by Gasteiger charge is 2.21. The first kappa shape index (κ1) is 18.6. The van der Waals surface area contributed by atoms with Crippen LogP contribution < -0.4 is 10.6 Å². The average molecular weight is 355 g/mol. The smallest absolute Gasteiger partial charge is 0.249 e. The molecule has 1 aromatic heterocycles. The third-order valence-electron chi connectivity index (χ3n) is 5.13. The third kappa shape index (κ3) is 4.12. The highest BCUT2D eigenvalue weighted by molar-refractivity contribution is 5.95. The molecule has 0 spiro atoms. The molecule has 1 aliphatic heterocycles. The van der Waals surface area contributed by atoms with Crippen LogP contribution in [0.5, 0.6) is 0 Å². The number of anilines is 1. The molecule has 1 saturated heterocycles. The van der Waals surface area contributed by atoms with E-state index in [9.17, 15) is 4.79 Å². The molecule has 1 fully saturated rings. The van der Waals surface area contributed by atoms with Gasteiger partial charge in [-0.05, 0) is 50.3 Å². The van der Waals surface area contributed by atoms with Gasteiger partial charge in [-0.25, -0.2) is 4.68 Å². The second kappa shape index (κ2) is 7.99. The van der Waals surface area contributed by atoms with Gasteiger partial charge < -0.3 is 10.6 Å². The molecule has 2 N–H and O–H groups in total. The van der Waals surface area contributed by atoms with Crippen LogP contribution in [-0.2, 0) is 11.2 Å². The first-order valence-corrected chi connectivity index (χ1v) is 9.50. The summed E-state index contributed by atoms with van der Waals surface area (Å²) in [6, 6.07) is 6.19. The minimum Gasteiger partial charge on any atom is -0.324 e. The molecule has 2 aromatic rings. The molecule has 6 nitrogen and oxygen atoms in total. The van der Waals surface area contributed by atoms with Crippen LogP contribution in [0.3, 0.4) is 0 Å². The van der Waals surface area contributed by atoms with Gasteiger partial charge in [-0.1, -0.05) is 37.3 Å². The molecule has 0 aliphatic carbocycles. The van der Waals surface area contributed by atoms with Gasteiger partial charge in [0.05, 0.1) is 5.69 Å². The van der Waals surface area contributed by atoms with Crippen molar-refractivity contribution in [2.75, 3.05) is 11.9 Å². The van der Waals surface area contributed by atoms with E-state index in [0.717, 1.165) is 35.5 Å². The predicted molar refractivity (Wildman–Crippen MR) is 103 cm³/mol. The van der Waals surface area contributed by atoms with E-state index in [1.165, 1.54) is 12.8 Å². The maximum atomic E-state index is 12.8. The fourth-order valence-electron chi connectivity index (χ4n) is 3.47. The monoisotopic (exact) mass is 355 g/mol. The Labute approximate surface area is 155 Å². The van der Waals surface area contributed by atoms with Crippen molar-refractivity contribution < 1.29 is 4.79 Å². The van der Waals surface area contributed by atoms with Crippen LogP contribution in [0.15, 0.2) is 24.4 Å². The maximum absolute atomic E-state index is 12.8. The number of nitrogens with zero attached hydrogens (tertiary/aromatic N) is 3. The Morgan fingerprint density at radius 3 is 2.88 bits per heavy atom. The molecule has 26 heavy (non-hydrogen) atoms. The quantitative estimate of drug-likeness (QED) is 0.835. The number of aromatic nitrogens is 3. The number of benzene rings is 1. The van der Waals surface area contributed by atoms with Gasteiger partial charge in [0.2, 0.25) is 5.91 Å². The number of hydrogen-bond donors (Lipinski definition) is 2. The number of amides is 1. The van der Waals surface area contributed by atoms with Gasteiger partial charge in [-0.3, -0.25) is 4.79 Å². The van der Waals surface area contributed by atoms with Crippen LogP contribution in [0.4, 0.5) is 5.69 Å². The summed E-state index contributed by atoms with van der Waals surface area (Å²) in [5.41, 5.74) is 4.07. The lowest BCUT2D eigenvalue weighted by Crippen LogP contribution is -2.25. The van der Waals surface area contributed by atoms with Crippen molar-refractivity contribution in [1.29, 1.82) is 0 Å². The van der Waals surface area contributed by atoms with Gasteiger partial charge >= 0.3 is 0 Å². The Morgan fingerprint density at radius 2 is 2.19 bits per heavy atom. The van der Waals surface area contributed by atoms with Crippen molar-refractivity contribution in [3.8, 4) is 0 Å². The molecule has 140 valence electrons. The zero-order valence-electron chi connectivity index (χ0n) is 16.1. The summed E-state index contributed by atoms with van der Waals surface area (Å²) < 4.78 is 1.66. The average Bonchev–Trinajstić information content (AvgIpc) is 3.28. The number of nitrogens with one attached hydrogen (secondary N) is 2. The molecule has 0 bridgehead atoms. The molecule has 2 unspecified atom stereocenters. The molecular formula is C20H29N5O. The Bertz CT molecular complexity index is 761. The molecule has 1 aromatic carbocycles. The lowest BCUT2D eigenvalue weighted by atomic mass is 9.98. The van der Waals surface area contributed by atoms with Gasteiger partial charge in [0.25, 0.3) is 0 Å². The lowest BCUT2D eigenvalue weighted by Gasteiger charge is -2.18. The van der Waals surface area contributed by atoms with E-state index in [0.29, 0.717) is 12.0 Å². The van der Waals surface area contributed by atoms with Gasteiger partial charge in [0.15, 0.2) is 0 Å². The fourth-order valence-corrected chi connectivity index (χ4v) is 3.47. The number of rotatable bonds is 6. The summed E-state index contributed by atoms with van der Waals surface area (Å²) >= 11 is 0. The van der Waals surface area contributed by atoms with E-state index in [2.05, 4.69) is 40.9 Å². The second-order valence-electron chi connectivity index (χ2n) is 7.55. The van der Waals surface area contributed by atoms with E-state index >= 15 is 0 Å². The maximum Gasteiger partial charge on any atom is 0.249 e. The minimum atomic E-state index is -0.410.